The molecule has 4 nitrogen and oxygen atoms in total. The van der Waals surface area contributed by atoms with Crippen LogP contribution >= 0.6 is 12.4 Å². The molecule has 0 spiro atoms. The molecule has 90 valence electrons. The Kier molecular flexibility index (Phi) is 17.3. The Morgan fingerprint density at radius 2 is 2.07 bits per heavy atom. The number of rotatable bonds is 6. The van der Waals surface area contributed by atoms with Crippen LogP contribution in [0.15, 0.2) is 24.3 Å². The van der Waals surface area contributed by atoms with Gasteiger partial charge in [-0.05, 0) is 13.8 Å². The van der Waals surface area contributed by atoms with E-state index in [1.54, 1.807) is 0 Å². The molecule has 0 bridgehead atoms. The van der Waals surface area contributed by atoms with E-state index in [0.29, 0.717) is 13.2 Å². The molecule has 0 aliphatic carbocycles. The van der Waals surface area contributed by atoms with Crippen molar-refractivity contribution in [3.63, 3.8) is 0 Å². The van der Waals surface area contributed by atoms with Gasteiger partial charge in [0.25, 0.3) is 0 Å². The monoisotopic (exact) mass is 236 g/mol. The minimum atomic E-state index is -0.371. The molecule has 0 radical (unpaired) electrons. The second-order valence-electron chi connectivity index (χ2n) is 2.86. The van der Waals surface area contributed by atoms with Crippen molar-refractivity contribution in [2.24, 2.45) is 0 Å². The van der Waals surface area contributed by atoms with Crippen LogP contribution in [-0.2, 0) is 9.53 Å². The molecule has 0 saturated carbocycles. The first-order valence-corrected chi connectivity index (χ1v) is 4.30. The highest BCUT2D eigenvalue weighted by molar-refractivity contribution is 5.85. The summed E-state index contributed by atoms with van der Waals surface area (Å²) in [6.45, 7) is 9.25. The van der Waals surface area contributed by atoms with E-state index in [2.05, 4.69) is 18.0 Å². The van der Waals surface area contributed by atoms with E-state index in [0.717, 1.165) is 12.6 Å². The molecule has 0 aromatic heterocycles. The van der Waals surface area contributed by atoms with E-state index in [-0.39, 0.29) is 24.5 Å². The number of esters is 1. The number of carbonyl (C=O) groups excluding carboxylic acids is 1. The smallest absolute Gasteiger partial charge is 0.330 e. The Morgan fingerprint density at radius 3 is 2.53 bits per heavy atom. The standard InChI is InChI=1S/C10H17NO2.ClH.H3N/c1-4-10(12)13-8-7-11-6-5-9(2)3;;/h4-5,11H,1,6-8H2,2-3H3;1H;1H3. The number of nitrogens with one attached hydrogen (secondary N) is 1. The minimum absolute atomic E-state index is 0. The normalized spacial score (nSPS) is 7.87. The summed E-state index contributed by atoms with van der Waals surface area (Å²) in [5.41, 5.74) is 1.27. The largest absolute Gasteiger partial charge is 0.461 e. The molecule has 5 heteroatoms. The lowest BCUT2D eigenvalue weighted by Crippen LogP contribution is -2.21. The van der Waals surface area contributed by atoms with Gasteiger partial charge in [-0.2, -0.15) is 0 Å². The molecule has 0 aliphatic rings. The predicted octanol–water partition coefficient (Wildman–Crippen LogP) is 1.86. The number of ether oxygens (including phenoxy) is 1. The average Bonchev–Trinajstić information content (AvgIpc) is 2.10. The van der Waals surface area contributed by atoms with Crippen molar-refractivity contribution in [2.75, 3.05) is 19.7 Å². The van der Waals surface area contributed by atoms with E-state index in [4.69, 9.17) is 4.74 Å². The highest BCUT2D eigenvalue weighted by Gasteiger charge is 1.92. The third kappa shape index (κ3) is 15.9. The molecule has 0 unspecified atom stereocenters. The van der Waals surface area contributed by atoms with Crippen molar-refractivity contribution in [1.29, 1.82) is 0 Å². The van der Waals surface area contributed by atoms with Crippen LogP contribution in [0.2, 0.25) is 0 Å². The molecule has 15 heavy (non-hydrogen) atoms. The van der Waals surface area contributed by atoms with Gasteiger partial charge in [0.05, 0.1) is 0 Å². The van der Waals surface area contributed by atoms with Gasteiger partial charge in [0.15, 0.2) is 0 Å². The molecule has 0 saturated heterocycles. The van der Waals surface area contributed by atoms with Crippen LogP contribution in [-0.4, -0.2) is 25.7 Å². The Hall–Kier alpha value is -0.840. The topological polar surface area (TPSA) is 73.3 Å². The molecule has 0 aromatic carbocycles. The summed E-state index contributed by atoms with van der Waals surface area (Å²) >= 11 is 0. The van der Waals surface area contributed by atoms with Crippen LogP contribution in [0, 0.1) is 0 Å². The van der Waals surface area contributed by atoms with Crippen LogP contribution in [0.1, 0.15) is 13.8 Å². The SMILES string of the molecule is C=CC(=O)OCCNCC=C(C)C.Cl.N. The van der Waals surface area contributed by atoms with Gasteiger partial charge in [0.2, 0.25) is 0 Å². The van der Waals surface area contributed by atoms with Crippen molar-refractivity contribution in [3.05, 3.63) is 24.3 Å². The summed E-state index contributed by atoms with van der Waals surface area (Å²) in [7, 11) is 0. The maximum atomic E-state index is 10.6. The van der Waals surface area contributed by atoms with Crippen LogP contribution < -0.4 is 11.5 Å². The fourth-order valence-electron chi connectivity index (χ4n) is 0.661. The van der Waals surface area contributed by atoms with Gasteiger partial charge in [-0.15, -0.1) is 12.4 Å². The lowest BCUT2D eigenvalue weighted by Gasteiger charge is -2.02. The van der Waals surface area contributed by atoms with Crippen molar-refractivity contribution < 1.29 is 9.53 Å². The zero-order chi connectivity index (χ0) is 10.1. The number of hydrogen-bond acceptors (Lipinski definition) is 4. The number of carbonyl (C=O) groups is 1. The average molecular weight is 237 g/mol. The van der Waals surface area contributed by atoms with Gasteiger partial charge in [0.1, 0.15) is 6.61 Å². The summed E-state index contributed by atoms with van der Waals surface area (Å²) in [6, 6.07) is 0. The summed E-state index contributed by atoms with van der Waals surface area (Å²) in [4.78, 5) is 10.6. The van der Waals surface area contributed by atoms with Crippen LogP contribution in [0.4, 0.5) is 0 Å². The van der Waals surface area contributed by atoms with Gasteiger partial charge < -0.3 is 16.2 Å². The third-order valence-electron chi connectivity index (χ3n) is 1.34. The van der Waals surface area contributed by atoms with Gasteiger partial charge in [-0.1, -0.05) is 18.2 Å². The fourth-order valence-corrected chi connectivity index (χ4v) is 0.661. The first kappa shape index (κ1) is 19.7. The molecule has 0 aliphatic heterocycles. The molecule has 0 atom stereocenters. The van der Waals surface area contributed by atoms with E-state index < -0.39 is 0 Å². The maximum Gasteiger partial charge on any atom is 0.330 e. The second-order valence-corrected chi connectivity index (χ2v) is 2.86. The Bertz CT molecular complexity index is 202. The Morgan fingerprint density at radius 1 is 1.47 bits per heavy atom. The molecule has 0 amide bonds. The molecule has 0 fully saturated rings. The van der Waals surface area contributed by atoms with Gasteiger partial charge in [-0.25, -0.2) is 4.79 Å². The lowest BCUT2D eigenvalue weighted by atomic mass is 10.3. The van der Waals surface area contributed by atoms with Crippen LogP contribution in [0.5, 0.6) is 0 Å². The zero-order valence-corrected chi connectivity index (χ0v) is 10.2. The van der Waals surface area contributed by atoms with E-state index in [9.17, 15) is 4.79 Å². The van der Waals surface area contributed by atoms with Gasteiger partial charge in [-0.3, -0.25) is 0 Å². The maximum absolute atomic E-state index is 10.6. The highest BCUT2D eigenvalue weighted by atomic mass is 35.5. The first-order chi connectivity index (χ1) is 6.16. The van der Waals surface area contributed by atoms with E-state index in [1.807, 2.05) is 13.8 Å². The zero-order valence-electron chi connectivity index (χ0n) is 9.41. The number of halogens is 1. The molecule has 0 rings (SSSR count). The fraction of sp³-hybridized carbons (Fsp3) is 0.500. The summed E-state index contributed by atoms with van der Waals surface area (Å²) < 4.78 is 4.76. The van der Waals surface area contributed by atoms with Gasteiger partial charge in [0, 0.05) is 19.2 Å². The van der Waals surface area contributed by atoms with E-state index in [1.165, 1.54) is 5.57 Å². The minimum Gasteiger partial charge on any atom is -0.461 e. The lowest BCUT2D eigenvalue weighted by molar-refractivity contribution is -0.137. The quantitative estimate of drug-likeness (QED) is 0.320. The third-order valence-corrected chi connectivity index (χ3v) is 1.34. The predicted molar refractivity (Wildman–Crippen MR) is 65.7 cm³/mol. The highest BCUT2D eigenvalue weighted by Crippen LogP contribution is 1.85. The van der Waals surface area contributed by atoms with Crippen molar-refractivity contribution in [1.82, 2.24) is 11.5 Å². The van der Waals surface area contributed by atoms with Crippen LogP contribution in [0.3, 0.4) is 0 Å². The second kappa shape index (κ2) is 13.2. The number of allylic oxidation sites excluding steroid dienone is 1. The number of hydrogen-bond donors (Lipinski definition) is 2. The van der Waals surface area contributed by atoms with Crippen LogP contribution in [0.25, 0.3) is 0 Å². The molecule has 0 heterocycles. The van der Waals surface area contributed by atoms with Crippen molar-refractivity contribution in [2.45, 2.75) is 13.8 Å². The Balaban J connectivity index is -0.000000720. The molecule has 0 aromatic rings. The molecule has 4 N–H and O–H groups in total. The summed E-state index contributed by atoms with van der Waals surface area (Å²) in [5.74, 6) is -0.371. The van der Waals surface area contributed by atoms with Gasteiger partial charge >= 0.3 is 5.97 Å². The van der Waals surface area contributed by atoms with Crippen molar-refractivity contribution in [3.8, 4) is 0 Å². The van der Waals surface area contributed by atoms with E-state index >= 15 is 0 Å². The molecular formula is C10H21ClN2O2. The van der Waals surface area contributed by atoms with Crippen molar-refractivity contribution >= 4 is 18.4 Å². The summed E-state index contributed by atoms with van der Waals surface area (Å²) in [5, 5.41) is 3.11. The first-order valence-electron chi connectivity index (χ1n) is 4.30. The Labute approximate surface area is 97.8 Å². The summed E-state index contributed by atoms with van der Waals surface area (Å²) in [6.07, 6.45) is 3.24. The molecular weight excluding hydrogens is 216 g/mol.